The van der Waals surface area contributed by atoms with Crippen molar-refractivity contribution < 1.29 is 19.1 Å². The molecule has 2 fully saturated rings. The fourth-order valence-electron chi connectivity index (χ4n) is 3.84. The van der Waals surface area contributed by atoms with Crippen LogP contribution in [0.2, 0.25) is 0 Å². The number of cyclic esters (lactones) is 1. The molecule has 0 saturated carbocycles. The number of benzene rings is 2. The number of carbonyl (C=O) groups is 2. The largest absolute Gasteiger partial charge is 0.447 e. The van der Waals surface area contributed by atoms with E-state index in [9.17, 15) is 9.59 Å². The Kier molecular flexibility index (Phi) is 6.07. The highest BCUT2D eigenvalue weighted by Crippen LogP contribution is 2.29. The molecule has 4 rings (SSSR count). The van der Waals surface area contributed by atoms with Gasteiger partial charge in [-0.15, -0.1) is 0 Å². The highest BCUT2D eigenvalue weighted by molar-refractivity contribution is 5.96. The van der Waals surface area contributed by atoms with Crippen LogP contribution in [0.3, 0.4) is 0 Å². The van der Waals surface area contributed by atoms with Gasteiger partial charge in [0.25, 0.3) is 5.91 Å². The third-order valence-corrected chi connectivity index (χ3v) is 5.29. The van der Waals surface area contributed by atoms with E-state index in [1.807, 2.05) is 60.7 Å². The van der Waals surface area contributed by atoms with Crippen LogP contribution >= 0.6 is 0 Å². The summed E-state index contributed by atoms with van der Waals surface area (Å²) in [6, 6.07) is 18.8. The zero-order chi connectivity index (χ0) is 20.1. The molecule has 2 aromatic rings. The first-order valence-electron chi connectivity index (χ1n) is 9.90. The van der Waals surface area contributed by atoms with Crippen molar-refractivity contribution in [3.05, 3.63) is 66.2 Å². The summed E-state index contributed by atoms with van der Waals surface area (Å²) in [6.07, 6.45) is -0.570. The van der Waals surface area contributed by atoms with Crippen LogP contribution in [-0.2, 0) is 14.3 Å². The van der Waals surface area contributed by atoms with Crippen LogP contribution in [-0.4, -0.2) is 67.3 Å². The molecule has 1 N–H and O–H groups in total. The second-order valence-corrected chi connectivity index (χ2v) is 7.10. The van der Waals surface area contributed by atoms with E-state index < -0.39 is 12.1 Å². The zero-order valence-corrected chi connectivity index (χ0v) is 16.2. The van der Waals surface area contributed by atoms with E-state index in [-0.39, 0.29) is 25.1 Å². The van der Waals surface area contributed by atoms with Crippen LogP contribution in [0.15, 0.2) is 60.7 Å². The van der Waals surface area contributed by atoms with E-state index in [1.165, 1.54) is 4.90 Å². The molecule has 29 heavy (non-hydrogen) atoms. The fraction of sp³-hybridized carbons (Fsp3) is 0.364. The number of para-hydroxylation sites is 1. The number of amides is 2. The standard InChI is InChI=1S/C22H25N3O4/c26-21(25-13-16-29-22(25)27)20(24-11-14-28-15-12-24)19(17-7-3-1-4-8-17)23-18-9-5-2-6-10-18/h1-10,19-20,23H,11-16H2/t19-,20-/m0/s1. The molecule has 2 aliphatic heterocycles. The first kappa shape index (κ1) is 19.4. The Morgan fingerprint density at radius 2 is 1.55 bits per heavy atom. The second-order valence-electron chi connectivity index (χ2n) is 7.10. The van der Waals surface area contributed by atoms with Gasteiger partial charge in [-0.1, -0.05) is 48.5 Å². The van der Waals surface area contributed by atoms with Crippen LogP contribution in [0.25, 0.3) is 0 Å². The SMILES string of the molecule is O=C1OCCN1C(=O)[C@H]([C@@H](Nc1ccccc1)c1ccccc1)N1CCOCC1. The third kappa shape index (κ3) is 4.41. The molecule has 0 spiro atoms. The molecule has 0 aromatic heterocycles. The van der Waals surface area contributed by atoms with Gasteiger partial charge in [0.05, 0.1) is 25.8 Å². The molecule has 2 saturated heterocycles. The van der Waals surface area contributed by atoms with E-state index in [0.29, 0.717) is 26.3 Å². The highest BCUT2D eigenvalue weighted by atomic mass is 16.6. The van der Waals surface area contributed by atoms with Crippen molar-refractivity contribution in [2.45, 2.75) is 12.1 Å². The van der Waals surface area contributed by atoms with Crippen LogP contribution in [0.1, 0.15) is 11.6 Å². The van der Waals surface area contributed by atoms with Crippen molar-refractivity contribution in [3.8, 4) is 0 Å². The lowest BCUT2D eigenvalue weighted by atomic mass is 9.95. The van der Waals surface area contributed by atoms with Crippen molar-refractivity contribution in [1.29, 1.82) is 0 Å². The zero-order valence-electron chi connectivity index (χ0n) is 16.2. The number of anilines is 1. The summed E-state index contributed by atoms with van der Waals surface area (Å²) >= 11 is 0. The Bertz CT molecular complexity index is 824. The highest BCUT2D eigenvalue weighted by Gasteiger charge is 2.42. The van der Waals surface area contributed by atoms with Crippen molar-refractivity contribution in [1.82, 2.24) is 9.80 Å². The molecule has 0 radical (unpaired) electrons. The molecule has 2 aliphatic rings. The maximum atomic E-state index is 13.6. The minimum atomic E-state index is -0.570. The average Bonchev–Trinajstić information content (AvgIpc) is 3.21. The Labute approximate surface area is 170 Å². The van der Waals surface area contributed by atoms with E-state index in [1.54, 1.807) is 0 Å². The normalized spacial score (nSPS) is 19.4. The quantitative estimate of drug-likeness (QED) is 0.811. The summed E-state index contributed by atoms with van der Waals surface area (Å²) in [4.78, 5) is 29.0. The van der Waals surface area contributed by atoms with Crippen molar-refractivity contribution >= 4 is 17.7 Å². The van der Waals surface area contributed by atoms with Gasteiger partial charge >= 0.3 is 6.09 Å². The Hall–Kier alpha value is -2.90. The topological polar surface area (TPSA) is 71.1 Å². The molecule has 0 bridgehead atoms. The first-order valence-corrected chi connectivity index (χ1v) is 9.90. The van der Waals surface area contributed by atoms with Crippen LogP contribution in [0.5, 0.6) is 0 Å². The van der Waals surface area contributed by atoms with Crippen molar-refractivity contribution in [2.75, 3.05) is 44.8 Å². The molecule has 0 unspecified atom stereocenters. The van der Waals surface area contributed by atoms with Crippen LogP contribution in [0, 0.1) is 0 Å². The predicted molar refractivity (Wildman–Crippen MR) is 108 cm³/mol. The lowest BCUT2D eigenvalue weighted by Gasteiger charge is -2.39. The van der Waals surface area contributed by atoms with Crippen LogP contribution in [0.4, 0.5) is 10.5 Å². The van der Waals surface area contributed by atoms with Gasteiger partial charge in [-0.05, 0) is 17.7 Å². The molecular formula is C22H25N3O4. The van der Waals surface area contributed by atoms with Crippen molar-refractivity contribution in [2.24, 2.45) is 0 Å². The maximum absolute atomic E-state index is 13.6. The average molecular weight is 395 g/mol. The number of carbonyl (C=O) groups excluding carboxylic acids is 2. The molecule has 2 heterocycles. The van der Waals surface area contributed by atoms with Gasteiger partial charge in [-0.25, -0.2) is 9.69 Å². The molecule has 7 heteroatoms. The lowest BCUT2D eigenvalue weighted by Crippen LogP contribution is -2.56. The van der Waals surface area contributed by atoms with Gasteiger partial charge < -0.3 is 14.8 Å². The fourth-order valence-corrected chi connectivity index (χ4v) is 3.84. The molecule has 7 nitrogen and oxygen atoms in total. The third-order valence-electron chi connectivity index (χ3n) is 5.29. The molecule has 2 aromatic carbocycles. The van der Waals surface area contributed by atoms with Gasteiger partial charge in [-0.2, -0.15) is 0 Å². The molecule has 2 atom stereocenters. The summed E-state index contributed by atoms with van der Waals surface area (Å²) in [7, 11) is 0. The minimum absolute atomic E-state index is 0.239. The molecule has 152 valence electrons. The van der Waals surface area contributed by atoms with Gasteiger partial charge in [0.15, 0.2) is 0 Å². The molecule has 2 amide bonds. The molecule has 0 aliphatic carbocycles. The second kappa shape index (κ2) is 9.07. The number of hydrogen-bond donors (Lipinski definition) is 1. The summed E-state index contributed by atoms with van der Waals surface area (Å²) in [5.41, 5.74) is 1.89. The number of nitrogens with one attached hydrogen (secondary N) is 1. The lowest BCUT2D eigenvalue weighted by molar-refractivity contribution is -0.136. The Morgan fingerprint density at radius 1 is 0.897 bits per heavy atom. The first-order chi connectivity index (χ1) is 14.2. The maximum Gasteiger partial charge on any atom is 0.416 e. The summed E-state index contributed by atoms with van der Waals surface area (Å²) in [5.74, 6) is -0.244. The van der Waals surface area contributed by atoms with E-state index in [2.05, 4.69) is 10.2 Å². The Balaban J connectivity index is 1.72. The number of ether oxygens (including phenoxy) is 2. The number of hydrogen-bond acceptors (Lipinski definition) is 6. The smallest absolute Gasteiger partial charge is 0.416 e. The molecular weight excluding hydrogens is 370 g/mol. The minimum Gasteiger partial charge on any atom is -0.447 e. The number of morpholine rings is 1. The number of rotatable bonds is 6. The summed E-state index contributed by atoms with van der Waals surface area (Å²) < 4.78 is 10.5. The monoisotopic (exact) mass is 395 g/mol. The summed E-state index contributed by atoms with van der Waals surface area (Å²) in [5, 5.41) is 3.53. The van der Waals surface area contributed by atoms with E-state index >= 15 is 0 Å². The van der Waals surface area contributed by atoms with Crippen LogP contribution < -0.4 is 5.32 Å². The van der Waals surface area contributed by atoms with Gasteiger partial charge in [-0.3, -0.25) is 9.69 Å². The van der Waals surface area contributed by atoms with E-state index in [4.69, 9.17) is 9.47 Å². The number of nitrogens with zero attached hydrogens (tertiary/aromatic N) is 2. The van der Waals surface area contributed by atoms with Crippen molar-refractivity contribution in [3.63, 3.8) is 0 Å². The van der Waals surface area contributed by atoms with Gasteiger partial charge in [0, 0.05) is 18.8 Å². The number of imide groups is 1. The summed E-state index contributed by atoms with van der Waals surface area (Å²) in [6.45, 7) is 2.88. The van der Waals surface area contributed by atoms with Gasteiger partial charge in [0.1, 0.15) is 12.6 Å². The Morgan fingerprint density at radius 3 is 2.17 bits per heavy atom. The van der Waals surface area contributed by atoms with E-state index in [0.717, 1.165) is 11.3 Å². The van der Waals surface area contributed by atoms with Gasteiger partial charge in [0.2, 0.25) is 0 Å². The predicted octanol–water partition coefficient (Wildman–Crippen LogP) is 2.52.